The van der Waals surface area contributed by atoms with Gasteiger partial charge < -0.3 is 53.6 Å². The van der Waals surface area contributed by atoms with E-state index in [1.165, 1.54) is 154 Å². The van der Waals surface area contributed by atoms with Gasteiger partial charge in [-0.05, 0) is 128 Å². The molecule has 2 heterocycles. The van der Waals surface area contributed by atoms with E-state index < -0.39 is 98.5 Å². The van der Waals surface area contributed by atoms with Crippen LogP contribution in [0.5, 0.6) is 0 Å². The Kier molecular flexibility index (Phi) is 60.5. The Balaban J connectivity index is 2.35. The summed E-state index contributed by atoms with van der Waals surface area (Å²) in [6.45, 7) is 6.95. The standard InChI is InChI=1S/C84H150O15/c1-5-9-13-17-21-25-29-33-37-41-45-49-53-57-61-65-74(86)93-70-73-81(96-76(88)67-63-59-55-51-47-43-39-35-31-27-23-19-15-11-7-3)82(97-77(89)68-64-60-56-52-48-44-40-36-32-28-24-20-16-12-8-4)84(98-73,99-83-80(92)79(91)78(90)72(69-85)95-83)71-94-75(87)66-62-58-54-50-46-42-38-34-30-26-22-18-14-10-6-2/h33-40,72-73,78-83,85,90-92H,5-32,41-71H2,1-4H3/t72-,73-,78-,79+,80-,81-,82+,83-,84+/m1/s1. The molecule has 15 nitrogen and oxygen atoms in total. The van der Waals surface area contributed by atoms with Gasteiger partial charge in [0.2, 0.25) is 5.79 Å². The van der Waals surface area contributed by atoms with Crippen molar-refractivity contribution in [2.45, 2.75) is 442 Å². The Bertz CT molecular complexity index is 2020. The molecule has 0 saturated carbocycles. The number of allylic oxidation sites excluding steroid dienone is 8. The van der Waals surface area contributed by atoms with Crippen molar-refractivity contribution in [3.05, 3.63) is 48.6 Å². The number of ether oxygens (including phenoxy) is 7. The number of aliphatic hydroxyl groups excluding tert-OH is 4. The summed E-state index contributed by atoms with van der Waals surface area (Å²) in [7, 11) is 0. The largest absolute Gasteiger partial charge is 0.463 e. The van der Waals surface area contributed by atoms with Gasteiger partial charge in [-0.15, -0.1) is 0 Å². The first-order valence-corrected chi connectivity index (χ1v) is 41.4. The fraction of sp³-hybridized carbons (Fsp3) is 0.857. The Morgan fingerprint density at radius 3 is 0.970 bits per heavy atom. The van der Waals surface area contributed by atoms with Crippen molar-refractivity contribution in [1.82, 2.24) is 0 Å². The molecule has 2 saturated heterocycles. The van der Waals surface area contributed by atoms with E-state index in [2.05, 4.69) is 76.3 Å². The van der Waals surface area contributed by atoms with Crippen LogP contribution in [-0.2, 0) is 52.3 Å². The van der Waals surface area contributed by atoms with Crippen LogP contribution in [0.1, 0.15) is 387 Å². The SMILES string of the molecule is CCCCCCCCC=CCCCCCCCC(=O)OC[C@H]1O[C@@](COC(=O)CCCCCCCC=CCCCCCCCC)(O[C@H]2O[C@H](CO)[C@@H](O)[C@H](O)[C@H]2O)[C@@H](OC(=O)CCCCCCCC=CCCCCCCCC)[C@@H]1OC(=O)CCCCCCCC=CCCCCCCCC. The molecule has 2 aliphatic rings. The summed E-state index contributed by atoms with van der Waals surface area (Å²) in [5, 5.41) is 43.7. The molecule has 0 aromatic carbocycles. The number of aliphatic hydroxyl groups is 4. The lowest BCUT2D eigenvalue weighted by molar-refractivity contribution is -0.384. The highest BCUT2D eigenvalue weighted by Gasteiger charge is 2.64. The molecule has 9 atom stereocenters. The van der Waals surface area contributed by atoms with Crippen LogP contribution < -0.4 is 0 Å². The van der Waals surface area contributed by atoms with Crippen molar-refractivity contribution in [1.29, 1.82) is 0 Å². The summed E-state index contributed by atoms with van der Waals surface area (Å²) in [5.74, 6) is -4.82. The van der Waals surface area contributed by atoms with Crippen molar-refractivity contribution >= 4 is 23.9 Å². The predicted octanol–water partition coefficient (Wildman–Crippen LogP) is 21.0. The molecule has 99 heavy (non-hydrogen) atoms. The minimum atomic E-state index is -2.40. The molecule has 0 amide bonds. The highest BCUT2D eigenvalue weighted by atomic mass is 16.8. The first-order valence-electron chi connectivity index (χ1n) is 41.4. The minimum absolute atomic E-state index is 0.0226. The summed E-state index contributed by atoms with van der Waals surface area (Å²) in [4.78, 5) is 56.1. The van der Waals surface area contributed by atoms with Crippen LogP contribution in [0.4, 0.5) is 0 Å². The molecule has 0 spiro atoms. The maximum Gasteiger partial charge on any atom is 0.306 e. The van der Waals surface area contributed by atoms with Crippen molar-refractivity contribution in [3.8, 4) is 0 Å². The zero-order valence-corrected chi connectivity index (χ0v) is 63.7. The van der Waals surface area contributed by atoms with Gasteiger partial charge in [-0.3, -0.25) is 19.2 Å². The molecule has 0 aliphatic carbocycles. The van der Waals surface area contributed by atoms with Gasteiger partial charge in [-0.25, -0.2) is 0 Å². The first kappa shape index (κ1) is 91.6. The van der Waals surface area contributed by atoms with Gasteiger partial charge >= 0.3 is 23.9 Å². The Hall–Kier alpha value is -3.44. The molecule has 0 aromatic heterocycles. The molecule has 2 rings (SSSR count). The van der Waals surface area contributed by atoms with E-state index in [0.717, 1.165) is 154 Å². The van der Waals surface area contributed by atoms with Crippen LogP contribution in [0.15, 0.2) is 48.6 Å². The molecule has 576 valence electrons. The second kappa shape index (κ2) is 65.3. The number of hydrogen-bond acceptors (Lipinski definition) is 15. The van der Waals surface area contributed by atoms with E-state index in [9.17, 15) is 39.6 Å². The van der Waals surface area contributed by atoms with Crippen molar-refractivity contribution in [3.63, 3.8) is 0 Å². The number of carbonyl (C=O) groups excluding carboxylic acids is 4. The molecule has 0 aromatic rings. The van der Waals surface area contributed by atoms with Gasteiger partial charge in [0.05, 0.1) is 6.61 Å². The van der Waals surface area contributed by atoms with Crippen molar-refractivity contribution < 1.29 is 72.8 Å². The summed E-state index contributed by atoms with van der Waals surface area (Å²) in [6.07, 6.45) is 61.8. The smallest absolute Gasteiger partial charge is 0.306 e. The van der Waals surface area contributed by atoms with Crippen LogP contribution in [-0.4, -0.2) is 119 Å². The summed E-state index contributed by atoms with van der Waals surface area (Å²) >= 11 is 0. The molecular formula is C84H150O15. The summed E-state index contributed by atoms with van der Waals surface area (Å²) in [6, 6.07) is 0. The van der Waals surface area contributed by atoms with E-state index in [-0.39, 0.29) is 25.7 Å². The maximum atomic E-state index is 14.4. The van der Waals surface area contributed by atoms with Crippen LogP contribution in [0.2, 0.25) is 0 Å². The monoisotopic (exact) mass is 1400 g/mol. The molecular weight excluding hydrogens is 1250 g/mol. The second-order valence-electron chi connectivity index (χ2n) is 28.8. The average Bonchev–Trinajstić information content (AvgIpc) is 1.62. The third kappa shape index (κ3) is 48.3. The van der Waals surface area contributed by atoms with Crippen molar-refractivity contribution in [2.24, 2.45) is 0 Å². The maximum absolute atomic E-state index is 14.4. The fourth-order valence-corrected chi connectivity index (χ4v) is 13.1. The summed E-state index contributed by atoms with van der Waals surface area (Å²) < 4.78 is 43.8. The van der Waals surface area contributed by atoms with E-state index in [1.54, 1.807) is 0 Å². The van der Waals surface area contributed by atoms with Crippen molar-refractivity contribution in [2.75, 3.05) is 19.8 Å². The molecule has 2 aliphatic heterocycles. The zero-order chi connectivity index (χ0) is 71.8. The Labute approximate surface area is 604 Å². The van der Waals surface area contributed by atoms with E-state index in [4.69, 9.17) is 33.2 Å². The lowest BCUT2D eigenvalue weighted by atomic mass is 9.98. The van der Waals surface area contributed by atoms with Gasteiger partial charge in [-0.2, -0.15) is 0 Å². The van der Waals surface area contributed by atoms with Gasteiger partial charge in [0, 0.05) is 25.7 Å². The number of esters is 4. The Morgan fingerprint density at radius 1 is 0.343 bits per heavy atom. The van der Waals surface area contributed by atoms with E-state index in [1.807, 2.05) is 0 Å². The average molecular weight is 1400 g/mol. The van der Waals surface area contributed by atoms with Gasteiger partial charge in [0.25, 0.3) is 0 Å². The third-order valence-corrected chi connectivity index (χ3v) is 19.6. The number of hydrogen-bond donors (Lipinski definition) is 4. The van der Waals surface area contributed by atoms with Crippen LogP contribution in [0.25, 0.3) is 0 Å². The topological polar surface area (TPSA) is 214 Å². The predicted molar refractivity (Wildman–Crippen MR) is 402 cm³/mol. The number of unbranched alkanes of at least 4 members (excludes halogenated alkanes) is 44. The second-order valence-corrected chi connectivity index (χ2v) is 28.8. The number of rotatable bonds is 69. The highest BCUT2D eigenvalue weighted by Crippen LogP contribution is 2.41. The van der Waals surface area contributed by atoms with E-state index in [0.29, 0.717) is 25.7 Å². The highest BCUT2D eigenvalue weighted by molar-refractivity contribution is 5.71. The van der Waals surface area contributed by atoms with Crippen LogP contribution in [0.3, 0.4) is 0 Å². The molecule has 4 N–H and O–H groups in total. The molecule has 15 heteroatoms. The zero-order valence-electron chi connectivity index (χ0n) is 63.7. The molecule has 0 unspecified atom stereocenters. The van der Waals surface area contributed by atoms with Gasteiger partial charge in [0.15, 0.2) is 18.5 Å². The molecule has 2 fully saturated rings. The first-order chi connectivity index (χ1) is 48.5. The van der Waals surface area contributed by atoms with Crippen LogP contribution in [0, 0.1) is 0 Å². The Morgan fingerprint density at radius 2 is 0.636 bits per heavy atom. The third-order valence-electron chi connectivity index (χ3n) is 19.6. The molecule has 0 radical (unpaired) electrons. The minimum Gasteiger partial charge on any atom is -0.463 e. The summed E-state index contributed by atoms with van der Waals surface area (Å²) in [5.41, 5.74) is 0. The van der Waals surface area contributed by atoms with Gasteiger partial charge in [0.1, 0.15) is 43.7 Å². The fourth-order valence-electron chi connectivity index (χ4n) is 13.1. The number of carbonyl (C=O) groups is 4. The lowest BCUT2D eigenvalue weighted by Crippen LogP contribution is -2.63. The van der Waals surface area contributed by atoms with Crippen LogP contribution >= 0.6 is 0 Å². The van der Waals surface area contributed by atoms with E-state index >= 15 is 0 Å². The normalized spacial score (nSPS) is 21.1. The molecule has 0 bridgehead atoms. The quantitative estimate of drug-likeness (QED) is 0.0193. The van der Waals surface area contributed by atoms with Gasteiger partial charge in [-0.1, -0.05) is 282 Å². The lowest BCUT2D eigenvalue weighted by Gasteiger charge is -2.43.